The van der Waals surface area contributed by atoms with Crippen molar-refractivity contribution in [1.82, 2.24) is 15.3 Å². The van der Waals surface area contributed by atoms with Crippen LogP contribution < -0.4 is 10.9 Å². The monoisotopic (exact) mass is 311 g/mol. The van der Waals surface area contributed by atoms with E-state index < -0.39 is 11.5 Å². The molecule has 116 valence electrons. The number of carboxylic acid groups (broad SMARTS) is 1. The minimum atomic E-state index is -0.828. The number of hydrogen-bond acceptors (Lipinski definition) is 5. The Morgan fingerprint density at radius 3 is 2.95 bits per heavy atom. The van der Waals surface area contributed by atoms with Crippen molar-refractivity contribution in [2.75, 3.05) is 5.75 Å². The molecule has 0 aromatic carbocycles. The van der Waals surface area contributed by atoms with E-state index in [1.807, 2.05) is 0 Å². The molecule has 0 bridgehead atoms. The number of rotatable bonds is 9. The lowest BCUT2D eigenvalue weighted by atomic mass is 9.95. The van der Waals surface area contributed by atoms with Gasteiger partial charge in [0.2, 0.25) is 0 Å². The lowest BCUT2D eigenvalue weighted by Crippen LogP contribution is -2.50. The molecular weight excluding hydrogens is 290 g/mol. The average Bonchev–Trinajstić information content (AvgIpc) is 3.22. The Hall–Kier alpha value is -1.34. The minimum absolute atomic E-state index is 0.153. The van der Waals surface area contributed by atoms with Crippen LogP contribution in [0.2, 0.25) is 0 Å². The molecule has 1 aromatic rings. The molecular formula is C14H21N3O3S. The van der Waals surface area contributed by atoms with E-state index in [0.29, 0.717) is 17.6 Å². The Kier molecular flexibility index (Phi) is 5.41. The first kappa shape index (κ1) is 16.0. The van der Waals surface area contributed by atoms with Crippen molar-refractivity contribution in [2.24, 2.45) is 0 Å². The summed E-state index contributed by atoms with van der Waals surface area (Å²) in [6.45, 7) is 1.76. The van der Waals surface area contributed by atoms with Gasteiger partial charge in [0.25, 0.3) is 5.56 Å². The predicted molar refractivity (Wildman–Crippen MR) is 81.6 cm³/mol. The Bertz CT molecular complexity index is 544. The highest BCUT2D eigenvalue weighted by Gasteiger charge is 2.37. The summed E-state index contributed by atoms with van der Waals surface area (Å²) in [5, 5.41) is 13.2. The topological polar surface area (TPSA) is 95.1 Å². The van der Waals surface area contributed by atoms with Gasteiger partial charge in [0, 0.05) is 24.1 Å². The number of carbonyl (C=O) groups is 1. The summed E-state index contributed by atoms with van der Waals surface area (Å²) in [4.78, 5) is 29.2. The van der Waals surface area contributed by atoms with Crippen molar-refractivity contribution in [1.29, 1.82) is 0 Å². The highest BCUT2D eigenvalue weighted by molar-refractivity contribution is 7.99. The van der Waals surface area contributed by atoms with Crippen LogP contribution in [0.5, 0.6) is 0 Å². The second-order valence-electron chi connectivity index (χ2n) is 5.60. The molecule has 3 N–H and O–H groups in total. The van der Waals surface area contributed by atoms with Crippen LogP contribution in [0.15, 0.2) is 22.2 Å². The van der Waals surface area contributed by atoms with E-state index in [1.165, 1.54) is 24.0 Å². The van der Waals surface area contributed by atoms with Crippen LogP contribution in [0.4, 0.5) is 0 Å². The zero-order valence-corrected chi connectivity index (χ0v) is 12.9. The van der Waals surface area contributed by atoms with E-state index >= 15 is 0 Å². The number of hydrogen-bond donors (Lipinski definition) is 3. The first-order valence-corrected chi connectivity index (χ1v) is 8.17. The molecule has 0 radical (unpaired) electrons. The third-order valence-corrected chi connectivity index (χ3v) is 4.50. The van der Waals surface area contributed by atoms with E-state index in [4.69, 9.17) is 0 Å². The van der Waals surface area contributed by atoms with Crippen LogP contribution in [-0.4, -0.2) is 38.4 Å². The van der Waals surface area contributed by atoms with Gasteiger partial charge in [-0.1, -0.05) is 18.2 Å². The molecule has 1 aliphatic rings. The lowest BCUT2D eigenvalue weighted by molar-refractivity contribution is -0.144. The summed E-state index contributed by atoms with van der Waals surface area (Å²) in [5.41, 5.74) is -0.981. The number of H-pyrrole nitrogens is 1. The first-order chi connectivity index (χ1) is 9.99. The van der Waals surface area contributed by atoms with Crippen molar-refractivity contribution in [3.8, 4) is 0 Å². The van der Waals surface area contributed by atoms with Gasteiger partial charge < -0.3 is 10.1 Å². The fraction of sp³-hybridized carbons (Fsp3) is 0.643. The van der Waals surface area contributed by atoms with E-state index in [1.54, 1.807) is 6.92 Å². The third-order valence-electron chi connectivity index (χ3n) is 3.53. The number of nitrogens with one attached hydrogen (secondary N) is 2. The lowest BCUT2D eigenvalue weighted by Gasteiger charge is -2.26. The van der Waals surface area contributed by atoms with Crippen LogP contribution in [0.1, 0.15) is 39.0 Å². The molecule has 1 heterocycles. The number of aromatic amines is 1. The zero-order chi connectivity index (χ0) is 15.3. The van der Waals surface area contributed by atoms with Gasteiger partial charge in [0.05, 0.1) is 0 Å². The van der Waals surface area contributed by atoms with Gasteiger partial charge in [-0.05, 0) is 32.6 Å². The van der Waals surface area contributed by atoms with Crippen LogP contribution in [0, 0.1) is 0 Å². The molecule has 1 saturated carbocycles. The molecule has 0 amide bonds. The summed E-state index contributed by atoms with van der Waals surface area (Å²) >= 11 is 1.49. The molecule has 21 heavy (non-hydrogen) atoms. The summed E-state index contributed by atoms with van der Waals surface area (Å²) in [5.74, 6) is 0.0302. The molecule has 0 saturated heterocycles. The first-order valence-electron chi connectivity index (χ1n) is 7.19. The molecule has 0 aliphatic heterocycles. The van der Waals surface area contributed by atoms with Crippen LogP contribution >= 0.6 is 11.8 Å². The Morgan fingerprint density at radius 1 is 1.57 bits per heavy atom. The maximum Gasteiger partial charge on any atom is 0.323 e. The van der Waals surface area contributed by atoms with Gasteiger partial charge >= 0.3 is 5.97 Å². The average molecular weight is 311 g/mol. The van der Waals surface area contributed by atoms with E-state index in [0.717, 1.165) is 31.4 Å². The van der Waals surface area contributed by atoms with Crippen LogP contribution in [0.3, 0.4) is 0 Å². The van der Waals surface area contributed by atoms with Crippen molar-refractivity contribution in [2.45, 2.75) is 55.8 Å². The van der Waals surface area contributed by atoms with Gasteiger partial charge in [0.15, 0.2) is 5.16 Å². The Balaban J connectivity index is 1.70. The summed E-state index contributed by atoms with van der Waals surface area (Å²) < 4.78 is 0. The zero-order valence-electron chi connectivity index (χ0n) is 12.1. The number of aliphatic carboxylic acids is 1. The summed E-state index contributed by atoms with van der Waals surface area (Å²) in [7, 11) is 0. The number of nitrogens with zero attached hydrogens (tertiary/aromatic N) is 1. The molecule has 1 aromatic heterocycles. The number of unbranched alkanes of at least 4 members (excludes halogenated alkanes) is 1. The highest BCUT2D eigenvalue weighted by atomic mass is 32.2. The smallest absolute Gasteiger partial charge is 0.323 e. The number of thioether (sulfide) groups is 1. The van der Waals surface area contributed by atoms with Crippen molar-refractivity contribution in [3.05, 3.63) is 22.6 Å². The molecule has 1 unspecified atom stereocenters. The highest BCUT2D eigenvalue weighted by Crippen LogP contribution is 2.25. The third kappa shape index (κ3) is 5.17. The largest absolute Gasteiger partial charge is 0.480 e. The molecule has 2 rings (SSSR count). The quantitative estimate of drug-likeness (QED) is 0.364. The van der Waals surface area contributed by atoms with Crippen molar-refractivity contribution < 1.29 is 9.90 Å². The van der Waals surface area contributed by atoms with E-state index in [2.05, 4.69) is 15.3 Å². The summed E-state index contributed by atoms with van der Waals surface area (Å²) in [6, 6.07) is 1.75. The normalized spacial score (nSPS) is 17.4. The number of aromatic nitrogens is 2. The minimum Gasteiger partial charge on any atom is -0.480 e. The van der Waals surface area contributed by atoms with Crippen LogP contribution in [-0.2, 0) is 4.79 Å². The molecule has 7 heteroatoms. The van der Waals surface area contributed by atoms with Gasteiger partial charge in [-0.15, -0.1) is 0 Å². The molecule has 6 nitrogen and oxygen atoms in total. The van der Waals surface area contributed by atoms with Crippen LogP contribution in [0.25, 0.3) is 0 Å². The van der Waals surface area contributed by atoms with Gasteiger partial charge in [-0.25, -0.2) is 4.98 Å². The van der Waals surface area contributed by atoms with Crippen molar-refractivity contribution >= 4 is 17.7 Å². The molecule has 0 spiro atoms. The van der Waals surface area contributed by atoms with Gasteiger partial charge in [-0.3, -0.25) is 14.9 Å². The standard InChI is InChI=1S/C14H21N3O3S/c1-14(12(19)20,17-10-4-5-10)7-2-3-9-21-13-15-8-6-11(18)16-13/h6,8,10,17H,2-5,7,9H2,1H3,(H,19,20)(H,15,16,18). The second kappa shape index (κ2) is 7.09. The molecule has 1 fully saturated rings. The molecule has 1 atom stereocenters. The second-order valence-corrected chi connectivity index (χ2v) is 6.68. The fourth-order valence-corrected chi connectivity index (χ4v) is 2.94. The van der Waals surface area contributed by atoms with E-state index in [9.17, 15) is 14.7 Å². The van der Waals surface area contributed by atoms with Crippen molar-refractivity contribution in [3.63, 3.8) is 0 Å². The molecule has 1 aliphatic carbocycles. The predicted octanol–water partition coefficient (Wildman–Crippen LogP) is 1.63. The van der Waals surface area contributed by atoms with Gasteiger partial charge in [0.1, 0.15) is 5.54 Å². The Labute approximate surface area is 127 Å². The summed E-state index contributed by atoms with van der Waals surface area (Å²) in [6.07, 6.45) is 5.96. The van der Waals surface area contributed by atoms with Gasteiger partial charge in [-0.2, -0.15) is 0 Å². The Morgan fingerprint density at radius 2 is 2.33 bits per heavy atom. The maximum atomic E-state index is 11.4. The SMILES string of the molecule is CC(CCCCSc1nccc(=O)[nH]1)(NC1CC1)C(=O)O. The maximum absolute atomic E-state index is 11.4. The van der Waals surface area contributed by atoms with E-state index in [-0.39, 0.29) is 5.56 Å². The fourth-order valence-electron chi connectivity index (χ4n) is 2.09. The number of carboxylic acids is 1.